The van der Waals surface area contributed by atoms with Crippen molar-refractivity contribution in [2.45, 2.75) is 57.7 Å². The molecule has 2 aromatic rings. The van der Waals surface area contributed by atoms with Crippen molar-refractivity contribution in [2.24, 2.45) is 0 Å². The van der Waals surface area contributed by atoms with E-state index in [1.807, 2.05) is 4.68 Å². The minimum absolute atomic E-state index is 0.0462. The smallest absolute Gasteiger partial charge is 0.201 e. The van der Waals surface area contributed by atoms with E-state index in [0.717, 1.165) is 12.8 Å². The van der Waals surface area contributed by atoms with Crippen molar-refractivity contribution in [3.8, 4) is 0 Å². The lowest BCUT2D eigenvalue weighted by Gasteiger charge is -2.46. The molecule has 0 atom stereocenters. The van der Waals surface area contributed by atoms with Crippen LogP contribution in [-0.4, -0.2) is 36.3 Å². The lowest BCUT2D eigenvalue weighted by atomic mass is 9.80. The molecule has 0 radical (unpaired) electrons. The maximum atomic E-state index is 5.84. The molecule has 3 rings (SSSR count). The zero-order valence-corrected chi connectivity index (χ0v) is 12.9. The van der Waals surface area contributed by atoms with Gasteiger partial charge in [0.15, 0.2) is 5.15 Å². The van der Waals surface area contributed by atoms with Gasteiger partial charge in [-0.3, -0.25) is 0 Å². The Balaban J connectivity index is 2.02. The predicted molar refractivity (Wildman–Crippen MR) is 77.7 cm³/mol. The Morgan fingerprint density at radius 2 is 1.80 bits per heavy atom. The van der Waals surface area contributed by atoms with Crippen LogP contribution in [0.2, 0.25) is 5.15 Å². The summed E-state index contributed by atoms with van der Waals surface area (Å²) in [6.45, 7) is 8.84. The zero-order valence-electron chi connectivity index (χ0n) is 12.2. The van der Waals surface area contributed by atoms with Gasteiger partial charge >= 0.3 is 0 Å². The average Bonchev–Trinajstić information content (AvgIpc) is 2.67. The van der Waals surface area contributed by atoms with E-state index in [1.165, 1.54) is 0 Å². The molecule has 1 N–H and O–H groups in total. The normalized spacial score (nSPS) is 22.2. The van der Waals surface area contributed by atoms with E-state index in [2.05, 4.69) is 53.5 Å². The summed E-state index contributed by atoms with van der Waals surface area (Å²) in [6.07, 6.45) is 1.94. The van der Waals surface area contributed by atoms with Crippen LogP contribution in [0.1, 0.15) is 46.6 Å². The van der Waals surface area contributed by atoms with Crippen molar-refractivity contribution < 1.29 is 0 Å². The molecule has 0 aromatic carbocycles. The van der Waals surface area contributed by atoms with E-state index in [9.17, 15) is 0 Å². The van der Waals surface area contributed by atoms with E-state index in [1.54, 1.807) is 6.07 Å². The van der Waals surface area contributed by atoms with Gasteiger partial charge in [0, 0.05) is 17.1 Å². The topological polar surface area (TPSA) is 68.5 Å². The zero-order chi connectivity index (χ0) is 14.5. The summed E-state index contributed by atoms with van der Waals surface area (Å²) in [6, 6.07) is 1.95. The van der Waals surface area contributed by atoms with Crippen LogP contribution in [0.3, 0.4) is 0 Å². The third-order valence-electron chi connectivity index (χ3n) is 3.71. The number of fused-ring (bicyclic) bond motifs is 1. The number of nitrogens with zero attached hydrogens (tertiary/aromatic N) is 5. The summed E-state index contributed by atoms with van der Waals surface area (Å²) in [5.41, 5.74) is 1.49. The molecule has 0 spiro atoms. The molecule has 0 unspecified atom stereocenters. The molecule has 20 heavy (non-hydrogen) atoms. The number of hydrogen-bond donors (Lipinski definition) is 1. The lowest BCUT2D eigenvalue weighted by Crippen LogP contribution is -2.58. The highest BCUT2D eigenvalue weighted by Crippen LogP contribution is 2.36. The van der Waals surface area contributed by atoms with Gasteiger partial charge < -0.3 is 5.32 Å². The molecule has 1 aliphatic heterocycles. The van der Waals surface area contributed by atoms with Gasteiger partial charge in [-0.15, -0.1) is 15.3 Å². The molecule has 3 heterocycles. The maximum Gasteiger partial charge on any atom is 0.201 e. The van der Waals surface area contributed by atoms with Gasteiger partial charge in [-0.2, -0.15) is 0 Å². The Morgan fingerprint density at radius 1 is 1.15 bits per heavy atom. The van der Waals surface area contributed by atoms with Gasteiger partial charge in [0.2, 0.25) is 5.65 Å². The molecule has 1 aliphatic rings. The summed E-state index contributed by atoms with van der Waals surface area (Å²) < 4.78 is 1.89. The lowest BCUT2D eigenvalue weighted by molar-refractivity contribution is 0.127. The van der Waals surface area contributed by atoms with Gasteiger partial charge in [0.25, 0.3) is 0 Å². The molecule has 0 aliphatic carbocycles. The van der Waals surface area contributed by atoms with Crippen molar-refractivity contribution in [3.63, 3.8) is 0 Å². The Morgan fingerprint density at radius 3 is 2.45 bits per heavy atom. The van der Waals surface area contributed by atoms with E-state index >= 15 is 0 Å². The molecule has 0 saturated carbocycles. The summed E-state index contributed by atoms with van der Waals surface area (Å²) in [5.74, 6) is 0. The van der Waals surface area contributed by atoms with Crippen molar-refractivity contribution in [1.82, 2.24) is 30.5 Å². The Labute approximate surface area is 122 Å². The summed E-state index contributed by atoms with van der Waals surface area (Å²) in [5, 5.41) is 20.5. The number of nitrogens with one attached hydrogen (secondary N) is 1. The Bertz CT molecular complexity index is 631. The first-order valence-corrected chi connectivity index (χ1v) is 7.17. The Kier molecular flexibility index (Phi) is 2.99. The van der Waals surface area contributed by atoms with Crippen LogP contribution in [0, 0.1) is 0 Å². The molecule has 0 bridgehead atoms. The minimum atomic E-state index is 0.0462. The fourth-order valence-corrected chi connectivity index (χ4v) is 3.56. The fourth-order valence-electron chi connectivity index (χ4n) is 3.42. The van der Waals surface area contributed by atoms with Crippen LogP contribution >= 0.6 is 11.6 Å². The Hall–Kier alpha value is -1.27. The molecule has 6 nitrogen and oxygen atoms in total. The molecule has 1 fully saturated rings. The van der Waals surface area contributed by atoms with Crippen LogP contribution in [0.5, 0.6) is 0 Å². The number of aromatic nitrogens is 5. The number of piperidine rings is 1. The number of rotatable bonds is 1. The number of hydrogen-bond acceptors (Lipinski definition) is 5. The third kappa shape index (κ3) is 2.50. The highest BCUT2D eigenvalue weighted by molar-refractivity contribution is 6.29. The molecule has 0 amide bonds. The second kappa shape index (κ2) is 4.36. The van der Waals surface area contributed by atoms with Crippen LogP contribution in [0.15, 0.2) is 6.07 Å². The van der Waals surface area contributed by atoms with Gasteiger partial charge in [0.05, 0.1) is 6.04 Å². The molecular weight excluding hydrogens is 276 g/mol. The average molecular weight is 295 g/mol. The largest absolute Gasteiger partial charge is 0.307 e. The van der Waals surface area contributed by atoms with Crippen LogP contribution in [-0.2, 0) is 0 Å². The van der Waals surface area contributed by atoms with Gasteiger partial charge in [0.1, 0.15) is 5.52 Å². The van der Waals surface area contributed by atoms with Crippen molar-refractivity contribution in [3.05, 3.63) is 11.2 Å². The van der Waals surface area contributed by atoms with E-state index in [4.69, 9.17) is 11.6 Å². The van der Waals surface area contributed by atoms with Crippen molar-refractivity contribution >= 4 is 22.8 Å². The molecular formula is C13H19ClN6. The fraction of sp³-hybridized carbons (Fsp3) is 0.692. The monoisotopic (exact) mass is 294 g/mol. The highest BCUT2D eigenvalue weighted by Gasteiger charge is 2.39. The predicted octanol–water partition coefficient (Wildman–Crippen LogP) is 2.36. The quantitative estimate of drug-likeness (QED) is 0.874. The minimum Gasteiger partial charge on any atom is -0.307 e. The molecule has 108 valence electrons. The van der Waals surface area contributed by atoms with Crippen LogP contribution in [0.25, 0.3) is 11.2 Å². The summed E-state index contributed by atoms with van der Waals surface area (Å²) >= 11 is 5.84. The van der Waals surface area contributed by atoms with E-state index in [-0.39, 0.29) is 17.1 Å². The first kappa shape index (κ1) is 13.7. The summed E-state index contributed by atoms with van der Waals surface area (Å²) in [4.78, 5) is 0. The van der Waals surface area contributed by atoms with E-state index in [0.29, 0.717) is 16.3 Å². The van der Waals surface area contributed by atoms with Gasteiger partial charge in [-0.05, 0) is 40.5 Å². The second-order valence-corrected chi connectivity index (χ2v) is 7.25. The van der Waals surface area contributed by atoms with Gasteiger partial charge in [-0.1, -0.05) is 16.8 Å². The first-order chi connectivity index (χ1) is 9.26. The van der Waals surface area contributed by atoms with Crippen LogP contribution < -0.4 is 5.32 Å². The molecule has 7 heteroatoms. The van der Waals surface area contributed by atoms with Crippen molar-refractivity contribution in [1.29, 1.82) is 0 Å². The van der Waals surface area contributed by atoms with Crippen LogP contribution in [0.4, 0.5) is 0 Å². The first-order valence-electron chi connectivity index (χ1n) is 6.79. The standard InChI is InChI=1S/C13H19ClN6/c1-12(2)6-8(7-13(3,4)18-12)20-11-9(15-19-20)5-10(14)16-17-11/h5,8,18H,6-7H2,1-4H3. The number of halogens is 1. The van der Waals surface area contributed by atoms with Crippen molar-refractivity contribution in [2.75, 3.05) is 0 Å². The SMILES string of the molecule is CC1(C)CC(n2nnc3cc(Cl)nnc32)CC(C)(C)N1. The van der Waals surface area contributed by atoms with Gasteiger partial charge in [-0.25, -0.2) is 4.68 Å². The van der Waals surface area contributed by atoms with E-state index < -0.39 is 0 Å². The maximum absolute atomic E-state index is 5.84. The highest BCUT2D eigenvalue weighted by atomic mass is 35.5. The third-order valence-corrected chi connectivity index (χ3v) is 3.89. The second-order valence-electron chi connectivity index (χ2n) is 6.86. The summed E-state index contributed by atoms with van der Waals surface area (Å²) in [7, 11) is 0. The molecule has 1 saturated heterocycles. The molecule has 2 aromatic heterocycles.